The number of sulfonamides is 1. The van der Waals surface area contributed by atoms with Gasteiger partial charge in [0.25, 0.3) is 10.0 Å². The van der Waals surface area contributed by atoms with E-state index in [4.69, 9.17) is 11.6 Å². The Morgan fingerprint density at radius 3 is 2.16 bits per heavy atom. The molecule has 45 heavy (non-hydrogen) atoms. The average Bonchev–Trinajstić information content (AvgIpc) is 3.03. The van der Waals surface area contributed by atoms with E-state index >= 15 is 4.39 Å². The van der Waals surface area contributed by atoms with Crippen molar-refractivity contribution in [2.45, 2.75) is 50.6 Å². The summed E-state index contributed by atoms with van der Waals surface area (Å²) in [6.45, 7) is 3.51. The van der Waals surface area contributed by atoms with Crippen LogP contribution >= 0.6 is 11.6 Å². The molecule has 1 atom stereocenters. The first-order valence-electron chi connectivity index (χ1n) is 14.8. The Bertz CT molecular complexity index is 1680. The van der Waals surface area contributed by atoms with Gasteiger partial charge in [-0.2, -0.15) is 0 Å². The number of hydrogen-bond donors (Lipinski definition) is 1. The quantitative estimate of drug-likeness (QED) is 0.157. The number of carbonyl (C=O) groups excluding carboxylic acids is 2. The molecule has 0 radical (unpaired) electrons. The van der Waals surface area contributed by atoms with Crippen LogP contribution in [0.2, 0.25) is 5.02 Å². The SMILES string of the molecule is CCCCNC(=O)[C@@H](Cc1ccccc1)N(Cc1ccc(Cl)cc1)C(=O)CN(c1ccccc1F)S(=O)(=O)c1ccc(C)cc1. The van der Waals surface area contributed by atoms with E-state index < -0.39 is 34.3 Å². The summed E-state index contributed by atoms with van der Waals surface area (Å²) >= 11 is 6.12. The Hall–Kier alpha value is -4.21. The van der Waals surface area contributed by atoms with Crippen molar-refractivity contribution >= 4 is 39.1 Å². The summed E-state index contributed by atoms with van der Waals surface area (Å²) in [6.07, 6.45) is 1.80. The van der Waals surface area contributed by atoms with Gasteiger partial charge in [0, 0.05) is 24.5 Å². The number of amides is 2. The van der Waals surface area contributed by atoms with Crippen molar-refractivity contribution in [3.63, 3.8) is 0 Å². The number of halogens is 2. The minimum atomic E-state index is -4.40. The Kier molecular flexibility index (Phi) is 11.7. The second-order valence-electron chi connectivity index (χ2n) is 10.8. The van der Waals surface area contributed by atoms with Crippen molar-refractivity contribution in [2.75, 3.05) is 17.4 Å². The zero-order chi connectivity index (χ0) is 32.4. The van der Waals surface area contributed by atoms with Gasteiger partial charge in [-0.15, -0.1) is 0 Å². The molecule has 0 fully saturated rings. The van der Waals surface area contributed by atoms with Crippen LogP contribution in [0, 0.1) is 12.7 Å². The first kappa shape index (κ1) is 33.7. The van der Waals surface area contributed by atoms with E-state index in [0.29, 0.717) is 17.1 Å². The maximum absolute atomic E-state index is 15.2. The standard InChI is InChI=1S/C35H37ClFN3O4S/c1-3-4-22-38-35(42)33(23-27-10-6-5-7-11-27)39(24-28-16-18-29(36)19-17-28)34(41)25-40(32-13-9-8-12-31(32)37)45(43,44)30-20-14-26(2)15-21-30/h5-21,33H,3-4,22-25H2,1-2H3,(H,38,42)/t33-/m1/s1. The van der Waals surface area contributed by atoms with Crippen LogP contribution in [-0.4, -0.2) is 44.3 Å². The number of carbonyl (C=O) groups is 2. The van der Waals surface area contributed by atoms with Gasteiger partial charge in [-0.05, 0) is 60.9 Å². The summed E-state index contributed by atoms with van der Waals surface area (Å²) in [7, 11) is -4.40. The third-order valence-corrected chi connectivity index (χ3v) is 9.40. The van der Waals surface area contributed by atoms with Gasteiger partial charge in [-0.3, -0.25) is 13.9 Å². The Balaban J connectivity index is 1.79. The van der Waals surface area contributed by atoms with E-state index in [1.165, 1.54) is 35.2 Å². The molecule has 0 unspecified atom stereocenters. The van der Waals surface area contributed by atoms with Crippen LogP contribution in [0.15, 0.2) is 108 Å². The van der Waals surface area contributed by atoms with Gasteiger partial charge < -0.3 is 10.2 Å². The molecule has 0 aromatic heterocycles. The summed E-state index contributed by atoms with van der Waals surface area (Å²) < 4.78 is 44.0. The Labute approximate surface area is 269 Å². The lowest BCUT2D eigenvalue weighted by Gasteiger charge is -2.34. The molecule has 0 heterocycles. The summed E-state index contributed by atoms with van der Waals surface area (Å²) in [5.41, 5.74) is 2.07. The summed E-state index contributed by atoms with van der Waals surface area (Å²) in [5, 5.41) is 3.45. The lowest BCUT2D eigenvalue weighted by molar-refractivity contribution is -0.140. The number of benzene rings is 4. The number of para-hydroxylation sites is 1. The predicted octanol–water partition coefficient (Wildman–Crippen LogP) is 6.54. The van der Waals surface area contributed by atoms with E-state index in [1.54, 1.807) is 36.4 Å². The van der Waals surface area contributed by atoms with E-state index in [0.717, 1.165) is 34.3 Å². The number of nitrogens with zero attached hydrogens (tertiary/aromatic N) is 2. The molecule has 0 aliphatic heterocycles. The molecule has 0 spiro atoms. The minimum Gasteiger partial charge on any atom is -0.354 e. The van der Waals surface area contributed by atoms with Gasteiger partial charge >= 0.3 is 0 Å². The largest absolute Gasteiger partial charge is 0.354 e. The molecule has 4 aromatic carbocycles. The molecule has 0 saturated heterocycles. The van der Waals surface area contributed by atoms with Gasteiger partial charge in [-0.25, -0.2) is 12.8 Å². The third kappa shape index (κ3) is 8.93. The van der Waals surface area contributed by atoms with E-state index in [-0.39, 0.29) is 29.5 Å². The molecule has 0 aliphatic rings. The molecule has 4 aromatic rings. The fraction of sp³-hybridized carbons (Fsp3) is 0.257. The lowest BCUT2D eigenvalue weighted by Crippen LogP contribution is -2.53. The van der Waals surface area contributed by atoms with Crippen LogP contribution in [0.25, 0.3) is 0 Å². The van der Waals surface area contributed by atoms with Crippen molar-refractivity contribution in [2.24, 2.45) is 0 Å². The topological polar surface area (TPSA) is 86.8 Å². The smallest absolute Gasteiger partial charge is 0.264 e. The molecule has 1 N–H and O–H groups in total. The molecule has 0 bridgehead atoms. The molecule has 2 amide bonds. The number of rotatable bonds is 14. The number of anilines is 1. The van der Waals surface area contributed by atoms with Gasteiger partial charge in [0.05, 0.1) is 10.6 Å². The molecular formula is C35H37ClFN3O4S. The number of hydrogen-bond acceptors (Lipinski definition) is 4. The first-order valence-corrected chi connectivity index (χ1v) is 16.6. The van der Waals surface area contributed by atoms with E-state index in [9.17, 15) is 18.0 Å². The van der Waals surface area contributed by atoms with Crippen LogP contribution in [0.4, 0.5) is 10.1 Å². The zero-order valence-electron chi connectivity index (χ0n) is 25.3. The van der Waals surface area contributed by atoms with Crippen LogP contribution < -0.4 is 9.62 Å². The molecule has 0 saturated carbocycles. The first-order chi connectivity index (χ1) is 21.6. The summed E-state index contributed by atoms with van der Waals surface area (Å²) in [6, 6.07) is 26.7. The van der Waals surface area contributed by atoms with Crippen LogP contribution in [0.5, 0.6) is 0 Å². The van der Waals surface area contributed by atoms with Crippen molar-refractivity contribution in [1.29, 1.82) is 0 Å². The van der Waals surface area contributed by atoms with Gasteiger partial charge in [0.2, 0.25) is 11.8 Å². The van der Waals surface area contributed by atoms with Crippen molar-refractivity contribution < 1.29 is 22.4 Å². The van der Waals surface area contributed by atoms with Gasteiger partial charge in [0.1, 0.15) is 18.4 Å². The molecular weight excluding hydrogens is 613 g/mol. The molecule has 7 nitrogen and oxygen atoms in total. The van der Waals surface area contributed by atoms with Crippen LogP contribution in [-0.2, 0) is 32.6 Å². The Morgan fingerprint density at radius 2 is 1.51 bits per heavy atom. The highest BCUT2D eigenvalue weighted by molar-refractivity contribution is 7.92. The van der Waals surface area contributed by atoms with E-state index in [2.05, 4.69) is 5.32 Å². The number of unbranched alkanes of at least 4 members (excludes halogenated alkanes) is 1. The predicted molar refractivity (Wildman–Crippen MR) is 176 cm³/mol. The number of aryl methyl sites for hydroxylation is 1. The third-order valence-electron chi connectivity index (χ3n) is 7.38. The zero-order valence-corrected chi connectivity index (χ0v) is 26.9. The Morgan fingerprint density at radius 1 is 0.867 bits per heavy atom. The monoisotopic (exact) mass is 649 g/mol. The molecule has 0 aliphatic carbocycles. The fourth-order valence-corrected chi connectivity index (χ4v) is 6.40. The van der Waals surface area contributed by atoms with Crippen LogP contribution in [0.1, 0.15) is 36.5 Å². The van der Waals surface area contributed by atoms with Crippen LogP contribution in [0.3, 0.4) is 0 Å². The lowest BCUT2D eigenvalue weighted by atomic mass is 10.0. The molecule has 4 rings (SSSR count). The molecule has 236 valence electrons. The second-order valence-corrected chi connectivity index (χ2v) is 13.1. The highest BCUT2D eigenvalue weighted by Crippen LogP contribution is 2.27. The van der Waals surface area contributed by atoms with Gasteiger partial charge in [-0.1, -0.05) is 97.2 Å². The second kappa shape index (κ2) is 15.7. The molecule has 10 heteroatoms. The minimum absolute atomic E-state index is 0.00953. The highest BCUT2D eigenvalue weighted by atomic mass is 35.5. The summed E-state index contributed by atoms with van der Waals surface area (Å²) in [5.74, 6) is -1.84. The van der Waals surface area contributed by atoms with Crippen molar-refractivity contribution in [1.82, 2.24) is 10.2 Å². The van der Waals surface area contributed by atoms with Crippen molar-refractivity contribution in [3.05, 3.63) is 131 Å². The normalized spacial score (nSPS) is 11.9. The maximum Gasteiger partial charge on any atom is 0.264 e. The average molecular weight is 650 g/mol. The number of nitrogens with one attached hydrogen (secondary N) is 1. The maximum atomic E-state index is 15.2. The highest BCUT2D eigenvalue weighted by Gasteiger charge is 2.35. The summed E-state index contributed by atoms with van der Waals surface area (Å²) in [4.78, 5) is 29.4. The fourth-order valence-electron chi connectivity index (χ4n) is 4.85. The van der Waals surface area contributed by atoms with Gasteiger partial charge in [0.15, 0.2) is 0 Å². The van der Waals surface area contributed by atoms with E-state index in [1.807, 2.05) is 44.2 Å². The van der Waals surface area contributed by atoms with Crippen molar-refractivity contribution in [3.8, 4) is 0 Å².